The highest BCUT2D eigenvalue weighted by Crippen LogP contribution is 2.27. The Kier molecular flexibility index (Phi) is 6.55. The molecule has 0 saturated heterocycles. The van der Waals surface area contributed by atoms with Crippen LogP contribution in [-0.4, -0.2) is 27.1 Å². The first-order valence-corrected chi connectivity index (χ1v) is 11.2. The van der Waals surface area contributed by atoms with E-state index in [9.17, 15) is 13.2 Å². The monoisotopic (exact) mass is 402 g/mol. The lowest BCUT2D eigenvalue weighted by Gasteiger charge is -2.26. The second-order valence-electron chi connectivity index (χ2n) is 7.59. The van der Waals surface area contributed by atoms with Gasteiger partial charge in [0.15, 0.2) is 0 Å². The average Bonchev–Trinajstić information content (AvgIpc) is 2.56. The first-order chi connectivity index (χ1) is 12.9. The van der Waals surface area contributed by atoms with Crippen molar-refractivity contribution in [1.82, 2.24) is 5.32 Å². The fourth-order valence-electron chi connectivity index (χ4n) is 3.51. The lowest BCUT2D eigenvalue weighted by atomic mass is 9.96. The Morgan fingerprint density at radius 2 is 1.50 bits per heavy atom. The highest BCUT2D eigenvalue weighted by Gasteiger charge is 2.24. The normalized spacial score (nSPS) is 12.5. The van der Waals surface area contributed by atoms with Crippen molar-refractivity contribution in [2.75, 3.05) is 17.1 Å². The highest BCUT2D eigenvalue weighted by molar-refractivity contribution is 7.92. The molecular formula is C22H30N2O3S. The number of aryl methyl sites for hydroxylation is 5. The minimum atomic E-state index is -3.61. The Balaban J connectivity index is 2.27. The van der Waals surface area contributed by atoms with E-state index in [0.717, 1.165) is 34.1 Å². The van der Waals surface area contributed by atoms with Gasteiger partial charge in [0.25, 0.3) is 0 Å². The molecule has 2 aromatic rings. The molecule has 2 aromatic carbocycles. The van der Waals surface area contributed by atoms with E-state index in [1.54, 1.807) is 0 Å². The van der Waals surface area contributed by atoms with Crippen LogP contribution in [0.15, 0.2) is 30.3 Å². The molecule has 0 aromatic heterocycles. The molecule has 0 saturated carbocycles. The van der Waals surface area contributed by atoms with Crippen LogP contribution in [0.5, 0.6) is 0 Å². The van der Waals surface area contributed by atoms with Gasteiger partial charge in [-0.15, -0.1) is 0 Å². The third-order valence-electron chi connectivity index (χ3n) is 5.10. The van der Waals surface area contributed by atoms with Gasteiger partial charge in [-0.05, 0) is 74.9 Å². The van der Waals surface area contributed by atoms with Crippen LogP contribution in [0.2, 0.25) is 0 Å². The molecule has 2 rings (SSSR count). The summed E-state index contributed by atoms with van der Waals surface area (Å²) in [6, 6.07) is 9.53. The molecule has 1 N–H and O–H groups in total. The van der Waals surface area contributed by atoms with Gasteiger partial charge in [0, 0.05) is 0 Å². The van der Waals surface area contributed by atoms with E-state index >= 15 is 0 Å². The maximum atomic E-state index is 12.7. The van der Waals surface area contributed by atoms with Gasteiger partial charge in [0.1, 0.15) is 6.54 Å². The fourth-order valence-corrected chi connectivity index (χ4v) is 4.48. The number of hydrogen-bond acceptors (Lipinski definition) is 3. The van der Waals surface area contributed by atoms with Crippen LogP contribution in [0.4, 0.5) is 5.69 Å². The smallest absolute Gasteiger partial charge is 0.241 e. The predicted octanol–water partition coefficient (Wildman–Crippen LogP) is 3.87. The second-order valence-corrected chi connectivity index (χ2v) is 9.50. The molecule has 0 spiro atoms. The molecule has 28 heavy (non-hydrogen) atoms. The number of nitrogens with zero attached hydrogens (tertiary/aromatic N) is 1. The Morgan fingerprint density at radius 1 is 0.964 bits per heavy atom. The summed E-state index contributed by atoms with van der Waals surface area (Å²) < 4.78 is 26.0. The molecule has 152 valence electrons. The Morgan fingerprint density at radius 3 is 2.04 bits per heavy atom. The van der Waals surface area contributed by atoms with Crippen LogP contribution >= 0.6 is 0 Å². The van der Waals surface area contributed by atoms with Crippen LogP contribution in [0.3, 0.4) is 0 Å². The summed E-state index contributed by atoms with van der Waals surface area (Å²) >= 11 is 0. The number of sulfonamides is 1. The fraction of sp³-hybridized carbons (Fsp3) is 0.409. The molecule has 0 unspecified atom stereocenters. The molecular weight excluding hydrogens is 372 g/mol. The maximum Gasteiger partial charge on any atom is 0.241 e. The average molecular weight is 403 g/mol. The molecule has 0 fully saturated rings. The molecule has 0 bridgehead atoms. The first-order valence-electron chi connectivity index (χ1n) is 9.33. The summed E-state index contributed by atoms with van der Waals surface area (Å²) in [6.45, 7) is 11.5. The number of carbonyl (C=O) groups excluding carboxylic acids is 1. The van der Waals surface area contributed by atoms with Crippen molar-refractivity contribution in [2.24, 2.45) is 0 Å². The van der Waals surface area contributed by atoms with Crippen LogP contribution < -0.4 is 9.62 Å². The Hall–Kier alpha value is -2.34. The van der Waals surface area contributed by atoms with Crippen molar-refractivity contribution < 1.29 is 13.2 Å². The summed E-state index contributed by atoms with van der Waals surface area (Å²) in [5.74, 6) is -0.335. The highest BCUT2D eigenvalue weighted by atomic mass is 32.2. The standard InChI is InChI=1S/C22H30N2O3S/c1-14-9-8-10-15(2)22(14)24(28(7,26)27)13-21(25)23-19(6)20-12-17(4)16(3)11-18(20)5/h8-12,19H,13H2,1-7H3,(H,23,25)/t19-/m1/s1. The molecule has 0 aliphatic heterocycles. The van der Waals surface area contributed by atoms with Crippen molar-refractivity contribution in [3.63, 3.8) is 0 Å². The van der Waals surface area contributed by atoms with E-state index < -0.39 is 10.0 Å². The number of carbonyl (C=O) groups is 1. The van der Waals surface area contributed by atoms with E-state index in [-0.39, 0.29) is 18.5 Å². The molecule has 0 aliphatic carbocycles. The predicted molar refractivity (Wildman–Crippen MR) is 115 cm³/mol. The SMILES string of the molecule is Cc1cc(C)c([C@@H](C)NC(=O)CN(c2c(C)cccc2C)S(C)(=O)=O)cc1C. The van der Waals surface area contributed by atoms with Crippen molar-refractivity contribution in [2.45, 2.75) is 47.6 Å². The van der Waals surface area contributed by atoms with Gasteiger partial charge < -0.3 is 5.32 Å². The molecule has 5 nitrogen and oxygen atoms in total. The Labute approximate surface area is 168 Å². The van der Waals surface area contributed by atoms with Gasteiger partial charge in [0.2, 0.25) is 15.9 Å². The van der Waals surface area contributed by atoms with Gasteiger partial charge in [0.05, 0.1) is 18.0 Å². The van der Waals surface area contributed by atoms with E-state index in [1.807, 2.05) is 52.8 Å². The molecule has 0 heterocycles. The van der Waals surface area contributed by atoms with E-state index in [0.29, 0.717) is 5.69 Å². The third-order valence-corrected chi connectivity index (χ3v) is 6.22. The van der Waals surface area contributed by atoms with Crippen molar-refractivity contribution >= 4 is 21.6 Å². The third kappa shape index (κ3) is 4.93. The summed E-state index contributed by atoms with van der Waals surface area (Å²) in [4.78, 5) is 12.7. The van der Waals surface area contributed by atoms with Gasteiger partial charge in [-0.2, -0.15) is 0 Å². The van der Waals surface area contributed by atoms with E-state index in [1.165, 1.54) is 9.87 Å². The molecule has 0 radical (unpaired) electrons. The van der Waals surface area contributed by atoms with Gasteiger partial charge in [-0.1, -0.05) is 30.3 Å². The minimum absolute atomic E-state index is 0.217. The number of amides is 1. The van der Waals surface area contributed by atoms with Crippen LogP contribution in [-0.2, 0) is 14.8 Å². The largest absolute Gasteiger partial charge is 0.348 e. The van der Waals surface area contributed by atoms with E-state index in [2.05, 4.69) is 24.4 Å². The maximum absolute atomic E-state index is 12.7. The number of rotatable bonds is 6. The lowest BCUT2D eigenvalue weighted by molar-refractivity contribution is -0.120. The van der Waals surface area contributed by atoms with E-state index in [4.69, 9.17) is 0 Å². The van der Waals surface area contributed by atoms with Crippen LogP contribution in [0.1, 0.15) is 46.3 Å². The van der Waals surface area contributed by atoms with Crippen LogP contribution in [0, 0.1) is 34.6 Å². The first kappa shape index (κ1) is 22.0. The van der Waals surface area contributed by atoms with Gasteiger partial charge in [-0.25, -0.2) is 8.42 Å². The summed E-state index contributed by atoms with van der Waals surface area (Å²) in [7, 11) is -3.61. The molecule has 1 atom stereocenters. The van der Waals surface area contributed by atoms with Crippen molar-refractivity contribution in [1.29, 1.82) is 0 Å². The van der Waals surface area contributed by atoms with Crippen molar-refractivity contribution in [3.05, 3.63) is 63.7 Å². The summed E-state index contributed by atoms with van der Waals surface area (Å²) in [5, 5.41) is 2.95. The van der Waals surface area contributed by atoms with Gasteiger partial charge >= 0.3 is 0 Å². The zero-order valence-corrected chi connectivity index (χ0v) is 18.6. The second kappa shape index (κ2) is 8.35. The molecule has 1 amide bonds. The quantitative estimate of drug-likeness (QED) is 0.798. The number of hydrogen-bond donors (Lipinski definition) is 1. The molecule has 0 aliphatic rings. The minimum Gasteiger partial charge on any atom is -0.348 e. The number of benzene rings is 2. The van der Waals surface area contributed by atoms with Crippen LogP contribution in [0.25, 0.3) is 0 Å². The van der Waals surface area contributed by atoms with Crippen molar-refractivity contribution in [3.8, 4) is 0 Å². The number of para-hydroxylation sites is 1. The lowest BCUT2D eigenvalue weighted by Crippen LogP contribution is -2.41. The summed E-state index contributed by atoms with van der Waals surface area (Å²) in [6.07, 6.45) is 1.13. The number of nitrogens with one attached hydrogen (secondary N) is 1. The van der Waals surface area contributed by atoms with Gasteiger partial charge in [-0.3, -0.25) is 9.10 Å². The summed E-state index contributed by atoms with van der Waals surface area (Å²) in [5.41, 5.74) is 6.70. The Bertz CT molecular complexity index is 977. The molecule has 6 heteroatoms. The topological polar surface area (TPSA) is 66.5 Å². The zero-order valence-electron chi connectivity index (χ0n) is 17.8. The zero-order chi connectivity index (χ0) is 21.2. The number of anilines is 1.